The van der Waals surface area contributed by atoms with Crippen LogP contribution in [0.25, 0.3) is 0 Å². The number of hydrogen-bond acceptors (Lipinski definition) is 5. The number of nitrogens with zero attached hydrogens (tertiary/aromatic N) is 2. The maximum absolute atomic E-state index is 5.28. The Morgan fingerprint density at radius 3 is 2.53 bits per heavy atom. The number of anilines is 2. The number of nitrogens with one attached hydrogen (secondary N) is 2. The Hall–Kier alpha value is -1.36. The predicted octanol–water partition coefficient (Wildman–Crippen LogP) is 1.67. The molecule has 0 bridgehead atoms. The van der Waals surface area contributed by atoms with Crippen molar-refractivity contribution in [2.75, 3.05) is 10.7 Å². The SMILES string of the molecule is CCC(CC)Nc1cc(C)nc(NN)n1. The van der Waals surface area contributed by atoms with Crippen molar-refractivity contribution >= 4 is 11.8 Å². The highest BCUT2D eigenvalue weighted by atomic mass is 15.3. The van der Waals surface area contributed by atoms with E-state index in [-0.39, 0.29) is 0 Å². The fourth-order valence-electron chi connectivity index (χ4n) is 1.41. The first kappa shape index (κ1) is 11.7. The van der Waals surface area contributed by atoms with Crippen molar-refractivity contribution in [2.24, 2.45) is 5.84 Å². The summed E-state index contributed by atoms with van der Waals surface area (Å²) in [7, 11) is 0. The second-order valence-electron chi connectivity index (χ2n) is 3.52. The van der Waals surface area contributed by atoms with Crippen molar-refractivity contribution < 1.29 is 0 Å². The highest BCUT2D eigenvalue weighted by Crippen LogP contribution is 2.12. The van der Waals surface area contributed by atoms with E-state index >= 15 is 0 Å². The average molecular weight is 209 g/mol. The predicted molar refractivity (Wildman–Crippen MR) is 62.6 cm³/mol. The summed E-state index contributed by atoms with van der Waals surface area (Å²) < 4.78 is 0. The second-order valence-corrected chi connectivity index (χ2v) is 3.52. The van der Waals surface area contributed by atoms with Crippen LogP contribution in [0.15, 0.2) is 6.07 Å². The molecule has 15 heavy (non-hydrogen) atoms. The molecule has 0 amide bonds. The van der Waals surface area contributed by atoms with Crippen LogP contribution in [0.5, 0.6) is 0 Å². The molecule has 4 N–H and O–H groups in total. The molecular formula is C10H19N5. The minimum Gasteiger partial charge on any atom is -0.367 e. The maximum atomic E-state index is 5.28. The third kappa shape index (κ3) is 3.36. The van der Waals surface area contributed by atoms with Gasteiger partial charge >= 0.3 is 0 Å². The zero-order chi connectivity index (χ0) is 11.3. The second kappa shape index (κ2) is 5.50. The fraction of sp³-hybridized carbons (Fsp3) is 0.600. The molecule has 0 radical (unpaired) electrons. The molecule has 0 aliphatic rings. The Labute approximate surface area is 90.5 Å². The van der Waals surface area contributed by atoms with E-state index in [1.807, 2.05) is 13.0 Å². The maximum Gasteiger partial charge on any atom is 0.239 e. The number of hydrazine groups is 1. The van der Waals surface area contributed by atoms with E-state index in [0.717, 1.165) is 24.4 Å². The lowest BCUT2D eigenvalue weighted by molar-refractivity contribution is 0.668. The Balaban J connectivity index is 2.79. The van der Waals surface area contributed by atoms with Gasteiger partial charge in [-0.2, -0.15) is 4.98 Å². The van der Waals surface area contributed by atoms with Gasteiger partial charge in [-0.05, 0) is 19.8 Å². The molecule has 1 aromatic heterocycles. The topological polar surface area (TPSA) is 75.9 Å². The first-order chi connectivity index (χ1) is 7.19. The normalized spacial score (nSPS) is 10.5. The number of nitrogen functional groups attached to an aromatic ring is 1. The monoisotopic (exact) mass is 209 g/mol. The minimum absolute atomic E-state index is 0.448. The minimum atomic E-state index is 0.448. The van der Waals surface area contributed by atoms with E-state index in [4.69, 9.17) is 5.84 Å². The van der Waals surface area contributed by atoms with Gasteiger partial charge in [-0.1, -0.05) is 13.8 Å². The molecule has 0 fully saturated rings. The molecule has 0 spiro atoms. The summed E-state index contributed by atoms with van der Waals surface area (Å²) in [4.78, 5) is 8.35. The standard InChI is InChI=1S/C10H19N5/c1-4-8(5-2)13-9-6-7(3)12-10(14-9)15-11/h6,8H,4-5,11H2,1-3H3,(H2,12,13,14,15). The molecule has 1 rings (SSSR count). The summed E-state index contributed by atoms with van der Waals surface area (Å²) in [6, 6.07) is 2.36. The Morgan fingerprint density at radius 2 is 2.00 bits per heavy atom. The van der Waals surface area contributed by atoms with Gasteiger partial charge in [0, 0.05) is 17.8 Å². The van der Waals surface area contributed by atoms with E-state index in [1.165, 1.54) is 0 Å². The highest BCUT2D eigenvalue weighted by Gasteiger charge is 2.05. The van der Waals surface area contributed by atoms with Gasteiger partial charge < -0.3 is 5.32 Å². The van der Waals surface area contributed by atoms with Crippen molar-refractivity contribution in [3.63, 3.8) is 0 Å². The van der Waals surface area contributed by atoms with Crippen molar-refractivity contribution in [1.29, 1.82) is 0 Å². The van der Waals surface area contributed by atoms with Crippen LogP contribution in [0.4, 0.5) is 11.8 Å². The van der Waals surface area contributed by atoms with E-state index in [2.05, 4.69) is 34.6 Å². The van der Waals surface area contributed by atoms with Crippen LogP contribution in [-0.4, -0.2) is 16.0 Å². The molecule has 1 aromatic rings. The first-order valence-electron chi connectivity index (χ1n) is 5.28. The summed E-state index contributed by atoms with van der Waals surface area (Å²) in [5.74, 6) is 6.55. The zero-order valence-electron chi connectivity index (χ0n) is 9.54. The summed E-state index contributed by atoms with van der Waals surface area (Å²) in [6.45, 7) is 6.22. The van der Waals surface area contributed by atoms with Crippen LogP contribution in [0.2, 0.25) is 0 Å². The van der Waals surface area contributed by atoms with Crippen molar-refractivity contribution in [3.05, 3.63) is 11.8 Å². The van der Waals surface area contributed by atoms with Gasteiger partial charge in [0.15, 0.2) is 0 Å². The molecule has 0 aliphatic carbocycles. The molecule has 0 atom stereocenters. The van der Waals surface area contributed by atoms with Crippen LogP contribution >= 0.6 is 0 Å². The smallest absolute Gasteiger partial charge is 0.239 e. The molecule has 0 saturated carbocycles. The van der Waals surface area contributed by atoms with Crippen molar-refractivity contribution in [3.8, 4) is 0 Å². The van der Waals surface area contributed by atoms with Crippen molar-refractivity contribution in [2.45, 2.75) is 39.7 Å². The van der Waals surface area contributed by atoms with Gasteiger partial charge in [0.25, 0.3) is 0 Å². The van der Waals surface area contributed by atoms with E-state index in [9.17, 15) is 0 Å². The van der Waals surface area contributed by atoms with Gasteiger partial charge in [0.1, 0.15) is 5.82 Å². The van der Waals surface area contributed by atoms with Crippen LogP contribution < -0.4 is 16.6 Å². The fourth-order valence-corrected chi connectivity index (χ4v) is 1.41. The Morgan fingerprint density at radius 1 is 1.33 bits per heavy atom. The quantitative estimate of drug-likeness (QED) is 0.508. The van der Waals surface area contributed by atoms with Gasteiger partial charge in [-0.25, -0.2) is 10.8 Å². The summed E-state index contributed by atoms with van der Waals surface area (Å²) in [5.41, 5.74) is 3.35. The largest absolute Gasteiger partial charge is 0.367 e. The lowest BCUT2D eigenvalue weighted by Gasteiger charge is -2.16. The first-order valence-corrected chi connectivity index (χ1v) is 5.28. The molecule has 0 unspecified atom stereocenters. The molecule has 0 saturated heterocycles. The van der Waals surface area contributed by atoms with Crippen LogP contribution in [0.3, 0.4) is 0 Å². The average Bonchev–Trinajstić information content (AvgIpc) is 2.25. The third-order valence-corrected chi connectivity index (χ3v) is 2.32. The number of nitrogens with two attached hydrogens (primary N) is 1. The number of rotatable bonds is 5. The molecule has 0 aromatic carbocycles. The van der Waals surface area contributed by atoms with Gasteiger partial charge in [-0.15, -0.1) is 0 Å². The Kier molecular flexibility index (Phi) is 4.30. The summed E-state index contributed by atoms with van der Waals surface area (Å²) >= 11 is 0. The van der Waals surface area contributed by atoms with Crippen LogP contribution in [0, 0.1) is 6.92 Å². The van der Waals surface area contributed by atoms with Gasteiger partial charge in [0.05, 0.1) is 0 Å². The molecule has 5 heteroatoms. The van der Waals surface area contributed by atoms with E-state index in [1.54, 1.807) is 0 Å². The van der Waals surface area contributed by atoms with Crippen LogP contribution in [-0.2, 0) is 0 Å². The number of aryl methyl sites for hydroxylation is 1. The van der Waals surface area contributed by atoms with E-state index in [0.29, 0.717) is 12.0 Å². The number of hydrogen-bond donors (Lipinski definition) is 3. The van der Waals surface area contributed by atoms with Crippen LogP contribution in [0.1, 0.15) is 32.4 Å². The van der Waals surface area contributed by atoms with Gasteiger partial charge in [-0.3, -0.25) is 5.43 Å². The molecule has 5 nitrogen and oxygen atoms in total. The lowest BCUT2D eigenvalue weighted by atomic mass is 10.2. The Bertz CT molecular complexity index is 309. The molecule has 1 heterocycles. The number of aromatic nitrogens is 2. The molecule has 84 valence electrons. The zero-order valence-corrected chi connectivity index (χ0v) is 9.54. The van der Waals surface area contributed by atoms with Crippen molar-refractivity contribution in [1.82, 2.24) is 9.97 Å². The molecule has 0 aliphatic heterocycles. The highest BCUT2D eigenvalue weighted by molar-refractivity contribution is 5.42. The molecular weight excluding hydrogens is 190 g/mol. The summed E-state index contributed by atoms with van der Waals surface area (Å²) in [6.07, 6.45) is 2.15. The van der Waals surface area contributed by atoms with E-state index < -0.39 is 0 Å². The van der Waals surface area contributed by atoms with Gasteiger partial charge in [0.2, 0.25) is 5.95 Å². The summed E-state index contributed by atoms with van der Waals surface area (Å²) in [5, 5.41) is 3.35. The lowest BCUT2D eigenvalue weighted by Crippen LogP contribution is -2.19. The third-order valence-electron chi connectivity index (χ3n) is 2.32.